The van der Waals surface area contributed by atoms with Gasteiger partial charge in [-0.3, -0.25) is 4.79 Å². The molecule has 6 nitrogen and oxygen atoms in total. The number of aromatic nitrogens is 2. The number of rotatable bonds is 7. The highest BCUT2D eigenvalue weighted by atomic mass is 16.5. The molecule has 1 atom stereocenters. The third-order valence-corrected chi connectivity index (χ3v) is 4.81. The molecule has 3 rings (SSSR count). The smallest absolute Gasteiger partial charge is 0.227 e. The number of aliphatic hydroxyl groups is 1. The Balaban J connectivity index is 1.43. The van der Waals surface area contributed by atoms with Crippen LogP contribution in [0.2, 0.25) is 0 Å². The van der Waals surface area contributed by atoms with Gasteiger partial charge < -0.3 is 14.9 Å². The summed E-state index contributed by atoms with van der Waals surface area (Å²) in [6, 6.07) is 7.62. The fraction of sp³-hybridized carbons (Fsp3) is 0.526. The minimum Gasteiger partial charge on any atom is -0.387 e. The molecular weight excluding hydrogens is 318 g/mol. The van der Waals surface area contributed by atoms with Gasteiger partial charge in [0.05, 0.1) is 6.10 Å². The summed E-state index contributed by atoms with van der Waals surface area (Å²) in [4.78, 5) is 16.4. The molecule has 1 aromatic heterocycles. The number of nitrogens with one attached hydrogen (secondary N) is 1. The summed E-state index contributed by atoms with van der Waals surface area (Å²) in [5, 5.41) is 17.0. The number of aryl methyl sites for hydroxylation is 2. The summed E-state index contributed by atoms with van der Waals surface area (Å²) in [6.07, 6.45) is 4.67. The summed E-state index contributed by atoms with van der Waals surface area (Å²) >= 11 is 0. The third kappa shape index (κ3) is 4.66. The van der Waals surface area contributed by atoms with E-state index in [1.54, 1.807) is 0 Å². The minimum atomic E-state index is -0.706. The molecule has 1 saturated carbocycles. The summed E-state index contributed by atoms with van der Waals surface area (Å²) in [5.74, 6) is 1.57. The van der Waals surface area contributed by atoms with Crippen molar-refractivity contribution < 1.29 is 14.4 Å². The van der Waals surface area contributed by atoms with Gasteiger partial charge in [0.1, 0.15) is 0 Å². The van der Waals surface area contributed by atoms with Gasteiger partial charge in [0.15, 0.2) is 5.82 Å². The van der Waals surface area contributed by atoms with Crippen molar-refractivity contribution in [2.75, 3.05) is 6.54 Å². The van der Waals surface area contributed by atoms with Crippen molar-refractivity contribution in [3.63, 3.8) is 0 Å². The molecule has 1 aliphatic rings. The van der Waals surface area contributed by atoms with Crippen molar-refractivity contribution in [2.24, 2.45) is 0 Å². The second-order valence-electron chi connectivity index (χ2n) is 6.70. The van der Waals surface area contributed by atoms with E-state index in [2.05, 4.69) is 15.5 Å². The molecule has 1 aliphatic carbocycles. The number of hydrogen-bond acceptors (Lipinski definition) is 5. The first-order chi connectivity index (χ1) is 12.1. The van der Waals surface area contributed by atoms with Crippen LogP contribution in [0.5, 0.6) is 0 Å². The van der Waals surface area contributed by atoms with Gasteiger partial charge >= 0.3 is 0 Å². The van der Waals surface area contributed by atoms with Crippen LogP contribution < -0.4 is 5.32 Å². The normalized spacial score (nSPS) is 16.1. The fourth-order valence-corrected chi connectivity index (χ4v) is 3.31. The Kier molecular flexibility index (Phi) is 5.81. The first-order valence-corrected chi connectivity index (χ1v) is 8.96. The first-order valence-electron chi connectivity index (χ1n) is 8.96. The highest BCUT2D eigenvalue weighted by Gasteiger charge is 2.22. The lowest BCUT2D eigenvalue weighted by molar-refractivity contribution is -0.121. The monoisotopic (exact) mass is 343 g/mol. The number of aliphatic hydroxyl groups excluding tert-OH is 1. The predicted molar refractivity (Wildman–Crippen MR) is 93.0 cm³/mol. The van der Waals surface area contributed by atoms with Crippen LogP contribution in [0.15, 0.2) is 28.8 Å². The summed E-state index contributed by atoms with van der Waals surface area (Å²) in [7, 11) is 0. The predicted octanol–water partition coefficient (Wildman–Crippen LogP) is 2.82. The molecule has 1 fully saturated rings. The van der Waals surface area contributed by atoms with Gasteiger partial charge in [-0.15, -0.1) is 0 Å². The molecule has 0 bridgehead atoms. The Labute approximate surface area is 147 Å². The van der Waals surface area contributed by atoms with Gasteiger partial charge in [0.25, 0.3) is 0 Å². The SMILES string of the molecule is Cc1ccccc1C(O)CNC(=O)CCc1nc(C2CCCC2)no1. The van der Waals surface area contributed by atoms with Crippen LogP contribution in [0.4, 0.5) is 0 Å². The molecular formula is C19H25N3O3. The van der Waals surface area contributed by atoms with Crippen molar-refractivity contribution in [3.05, 3.63) is 47.1 Å². The fourth-order valence-electron chi connectivity index (χ4n) is 3.31. The van der Waals surface area contributed by atoms with E-state index in [0.717, 1.165) is 29.8 Å². The molecule has 2 N–H and O–H groups in total. The molecule has 0 spiro atoms. The van der Waals surface area contributed by atoms with Crippen LogP contribution in [0, 0.1) is 6.92 Å². The quantitative estimate of drug-likeness (QED) is 0.807. The van der Waals surface area contributed by atoms with E-state index in [0.29, 0.717) is 18.2 Å². The molecule has 1 heterocycles. The number of nitrogens with zero attached hydrogens (tertiary/aromatic N) is 2. The molecule has 1 amide bonds. The van der Waals surface area contributed by atoms with Crippen molar-refractivity contribution in [2.45, 2.75) is 57.5 Å². The number of amides is 1. The number of carbonyl (C=O) groups is 1. The Morgan fingerprint density at radius 2 is 2.12 bits per heavy atom. The highest BCUT2D eigenvalue weighted by Crippen LogP contribution is 2.32. The van der Waals surface area contributed by atoms with Crippen LogP contribution in [0.25, 0.3) is 0 Å². The van der Waals surface area contributed by atoms with Gasteiger partial charge in [-0.05, 0) is 30.9 Å². The molecule has 1 unspecified atom stereocenters. The van der Waals surface area contributed by atoms with E-state index in [1.165, 1.54) is 12.8 Å². The van der Waals surface area contributed by atoms with Crippen LogP contribution in [-0.4, -0.2) is 27.7 Å². The maximum atomic E-state index is 12.0. The lowest BCUT2D eigenvalue weighted by Gasteiger charge is -2.14. The van der Waals surface area contributed by atoms with Crippen LogP contribution in [0.1, 0.15) is 67.0 Å². The van der Waals surface area contributed by atoms with E-state index >= 15 is 0 Å². The number of benzene rings is 1. The molecule has 6 heteroatoms. The largest absolute Gasteiger partial charge is 0.387 e. The molecule has 1 aromatic carbocycles. The maximum Gasteiger partial charge on any atom is 0.227 e. The average Bonchev–Trinajstić information content (AvgIpc) is 3.29. The third-order valence-electron chi connectivity index (χ3n) is 4.81. The zero-order valence-corrected chi connectivity index (χ0v) is 14.6. The van der Waals surface area contributed by atoms with Crippen molar-refractivity contribution in [1.29, 1.82) is 0 Å². The lowest BCUT2D eigenvalue weighted by Crippen LogP contribution is -2.28. The van der Waals surface area contributed by atoms with Crippen LogP contribution >= 0.6 is 0 Å². The molecule has 0 aliphatic heterocycles. The van der Waals surface area contributed by atoms with Gasteiger partial charge in [-0.1, -0.05) is 42.3 Å². The van der Waals surface area contributed by atoms with E-state index < -0.39 is 6.10 Å². The van der Waals surface area contributed by atoms with Crippen molar-refractivity contribution >= 4 is 5.91 Å². The summed E-state index contributed by atoms with van der Waals surface area (Å²) < 4.78 is 5.25. The summed E-state index contributed by atoms with van der Waals surface area (Å²) in [6.45, 7) is 2.14. The molecule has 25 heavy (non-hydrogen) atoms. The van der Waals surface area contributed by atoms with E-state index in [-0.39, 0.29) is 18.9 Å². The molecule has 134 valence electrons. The zero-order valence-electron chi connectivity index (χ0n) is 14.6. The van der Waals surface area contributed by atoms with E-state index in [1.807, 2.05) is 31.2 Å². The van der Waals surface area contributed by atoms with Gasteiger partial charge in [-0.2, -0.15) is 4.98 Å². The van der Waals surface area contributed by atoms with Gasteiger partial charge in [-0.25, -0.2) is 0 Å². The second kappa shape index (κ2) is 8.25. The van der Waals surface area contributed by atoms with Crippen LogP contribution in [0.3, 0.4) is 0 Å². The topological polar surface area (TPSA) is 88.2 Å². The number of hydrogen-bond donors (Lipinski definition) is 2. The maximum absolute atomic E-state index is 12.0. The van der Waals surface area contributed by atoms with Crippen molar-refractivity contribution in [3.8, 4) is 0 Å². The Morgan fingerprint density at radius 3 is 2.88 bits per heavy atom. The van der Waals surface area contributed by atoms with Crippen LogP contribution in [-0.2, 0) is 11.2 Å². The standard InChI is InChI=1S/C19H25N3O3/c1-13-6-2-5-9-15(13)16(23)12-20-17(24)10-11-18-21-19(22-25-18)14-7-3-4-8-14/h2,5-6,9,14,16,23H,3-4,7-8,10-12H2,1H3,(H,20,24). The molecule has 0 radical (unpaired) electrons. The number of carbonyl (C=O) groups excluding carboxylic acids is 1. The Bertz CT molecular complexity index is 707. The van der Waals surface area contributed by atoms with Gasteiger partial charge in [0.2, 0.25) is 11.8 Å². The molecule has 2 aromatic rings. The lowest BCUT2D eigenvalue weighted by atomic mass is 10.0. The Hall–Kier alpha value is -2.21. The first kappa shape index (κ1) is 17.6. The van der Waals surface area contributed by atoms with Crippen molar-refractivity contribution in [1.82, 2.24) is 15.5 Å². The summed E-state index contributed by atoms with van der Waals surface area (Å²) in [5.41, 5.74) is 1.84. The zero-order chi connectivity index (χ0) is 17.6. The molecule has 0 saturated heterocycles. The average molecular weight is 343 g/mol. The minimum absolute atomic E-state index is 0.131. The van der Waals surface area contributed by atoms with Gasteiger partial charge in [0, 0.05) is 25.3 Å². The van der Waals surface area contributed by atoms with E-state index in [4.69, 9.17) is 4.52 Å². The Morgan fingerprint density at radius 1 is 1.36 bits per heavy atom. The van der Waals surface area contributed by atoms with E-state index in [9.17, 15) is 9.90 Å². The second-order valence-corrected chi connectivity index (χ2v) is 6.70. The highest BCUT2D eigenvalue weighted by molar-refractivity contribution is 5.76.